The summed E-state index contributed by atoms with van der Waals surface area (Å²) in [7, 11) is 1.69. The number of hydrogen-bond donors (Lipinski definition) is 0. The molecule has 94 valence electrons. The minimum Gasteiger partial charge on any atom is -0.496 e. The van der Waals surface area contributed by atoms with E-state index in [1.807, 2.05) is 26.0 Å². The number of rotatable bonds is 3. The highest BCUT2D eigenvalue weighted by atomic mass is 79.9. The van der Waals surface area contributed by atoms with Crippen molar-refractivity contribution in [3.8, 4) is 17.0 Å². The predicted octanol–water partition coefficient (Wildman–Crippen LogP) is 4.27. The molecule has 1 aromatic carbocycles. The van der Waals surface area contributed by atoms with Crippen LogP contribution >= 0.6 is 15.9 Å². The van der Waals surface area contributed by atoms with Gasteiger partial charge in [0.1, 0.15) is 5.75 Å². The lowest BCUT2D eigenvalue weighted by Crippen LogP contribution is -1.93. The average molecular weight is 306 g/mol. The van der Waals surface area contributed by atoms with E-state index in [-0.39, 0.29) is 0 Å². The molecule has 0 aliphatic rings. The first-order chi connectivity index (χ1) is 8.65. The second kappa shape index (κ2) is 5.53. The van der Waals surface area contributed by atoms with Gasteiger partial charge >= 0.3 is 0 Å². The number of hydrogen-bond acceptors (Lipinski definition) is 2. The molecule has 0 bridgehead atoms. The molecule has 0 N–H and O–H groups in total. The number of pyridine rings is 1. The van der Waals surface area contributed by atoms with Gasteiger partial charge in [0.2, 0.25) is 0 Å². The number of aromatic nitrogens is 1. The van der Waals surface area contributed by atoms with Crippen LogP contribution in [0.5, 0.6) is 5.75 Å². The van der Waals surface area contributed by atoms with E-state index in [4.69, 9.17) is 4.74 Å². The maximum Gasteiger partial charge on any atom is 0.121 e. The van der Waals surface area contributed by atoms with Crippen molar-refractivity contribution in [3.05, 3.63) is 47.2 Å². The van der Waals surface area contributed by atoms with Crippen LogP contribution in [0.2, 0.25) is 0 Å². The molecule has 0 aliphatic carbocycles. The Morgan fingerprint density at radius 3 is 2.50 bits per heavy atom. The maximum absolute atomic E-state index is 5.27. The van der Waals surface area contributed by atoms with E-state index >= 15 is 0 Å². The van der Waals surface area contributed by atoms with Gasteiger partial charge in [-0.3, -0.25) is 4.98 Å². The highest BCUT2D eigenvalue weighted by Gasteiger charge is 2.05. The lowest BCUT2D eigenvalue weighted by atomic mass is 10.1. The smallest absolute Gasteiger partial charge is 0.121 e. The standard InChI is InChI=1S/C15H16BrNO/c1-10-8-12(5-7-15(10)18-3)14-6-4-13(9-16)11(2)17-14/h4-8H,9H2,1-3H3. The highest BCUT2D eigenvalue weighted by Crippen LogP contribution is 2.25. The fraction of sp³-hybridized carbons (Fsp3) is 0.267. The van der Waals surface area contributed by atoms with Crippen molar-refractivity contribution < 1.29 is 4.74 Å². The zero-order valence-corrected chi connectivity index (χ0v) is 12.4. The quantitative estimate of drug-likeness (QED) is 0.790. The summed E-state index contributed by atoms with van der Waals surface area (Å²) in [5, 5.41) is 0.841. The maximum atomic E-state index is 5.27. The van der Waals surface area contributed by atoms with E-state index in [0.717, 1.165) is 33.6 Å². The Hall–Kier alpha value is -1.35. The van der Waals surface area contributed by atoms with Crippen molar-refractivity contribution in [2.45, 2.75) is 19.2 Å². The van der Waals surface area contributed by atoms with Crippen LogP contribution in [0.25, 0.3) is 11.3 Å². The molecule has 1 aromatic heterocycles. The minimum absolute atomic E-state index is 0.841. The van der Waals surface area contributed by atoms with Crippen molar-refractivity contribution in [1.82, 2.24) is 4.98 Å². The summed E-state index contributed by atoms with van der Waals surface area (Å²) < 4.78 is 5.27. The number of ether oxygens (including phenoxy) is 1. The Bertz CT molecular complexity index is 515. The summed E-state index contributed by atoms with van der Waals surface area (Å²) in [6.07, 6.45) is 0. The third-order valence-corrected chi connectivity index (χ3v) is 3.63. The molecule has 0 unspecified atom stereocenters. The second-order valence-electron chi connectivity index (χ2n) is 4.26. The van der Waals surface area contributed by atoms with Crippen molar-refractivity contribution in [2.24, 2.45) is 0 Å². The van der Waals surface area contributed by atoms with Gasteiger partial charge in [-0.1, -0.05) is 22.0 Å². The summed E-state index contributed by atoms with van der Waals surface area (Å²) in [6, 6.07) is 10.3. The Morgan fingerprint density at radius 1 is 1.17 bits per heavy atom. The summed E-state index contributed by atoms with van der Waals surface area (Å²) in [6.45, 7) is 4.08. The van der Waals surface area contributed by atoms with Crippen LogP contribution < -0.4 is 4.74 Å². The first-order valence-electron chi connectivity index (χ1n) is 5.83. The molecular weight excluding hydrogens is 290 g/mol. The Morgan fingerprint density at radius 2 is 1.94 bits per heavy atom. The molecule has 0 radical (unpaired) electrons. The lowest BCUT2D eigenvalue weighted by molar-refractivity contribution is 0.412. The number of aryl methyl sites for hydroxylation is 2. The van der Waals surface area contributed by atoms with Crippen LogP contribution in [0.4, 0.5) is 0 Å². The van der Waals surface area contributed by atoms with Crippen LogP contribution in [0.15, 0.2) is 30.3 Å². The molecule has 0 fully saturated rings. The number of halogens is 1. The summed E-state index contributed by atoms with van der Waals surface area (Å²) >= 11 is 3.46. The Labute approximate surface area is 116 Å². The van der Waals surface area contributed by atoms with E-state index in [1.165, 1.54) is 5.56 Å². The molecule has 18 heavy (non-hydrogen) atoms. The fourth-order valence-corrected chi connectivity index (χ4v) is 2.52. The summed E-state index contributed by atoms with van der Waals surface area (Å²) in [5.41, 5.74) is 5.54. The Balaban J connectivity index is 2.42. The number of benzene rings is 1. The molecule has 2 aromatic rings. The van der Waals surface area contributed by atoms with Crippen LogP contribution in [-0.4, -0.2) is 12.1 Å². The van der Waals surface area contributed by atoms with Crippen molar-refractivity contribution in [2.75, 3.05) is 7.11 Å². The zero-order chi connectivity index (χ0) is 13.1. The van der Waals surface area contributed by atoms with Gasteiger partial charge in [-0.2, -0.15) is 0 Å². The van der Waals surface area contributed by atoms with Crippen molar-refractivity contribution >= 4 is 15.9 Å². The summed E-state index contributed by atoms with van der Waals surface area (Å²) in [5.74, 6) is 0.910. The van der Waals surface area contributed by atoms with E-state index in [1.54, 1.807) is 7.11 Å². The van der Waals surface area contributed by atoms with E-state index in [0.29, 0.717) is 0 Å². The van der Waals surface area contributed by atoms with Gasteiger partial charge in [0.05, 0.1) is 12.8 Å². The van der Waals surface area contributed by atoms with E-state index in [9.17, 15) is 0 Å². The van der Waals surface area contributed by atoms with Gasteiger partial charge in [0, 0.05) is 16.6 Å². The van der Waals surface area contributed by atoms with Gasteiger partial charge in [0.25, 0.3) is 0 Å². The monoisotopic (exact) mass is 305 g/mol. The third-order valence-electron chi connectivity index (χ3n) is 3.03. The topological polar surface area (TPSA) is 22.1 Å². The Kier molecular flexibility index (Phi) is 4.02. The molecule has 0 amide bonds. The van der Waals surface area contributed by atoms with E-state index in [2.05, 4.69) is 39.1 Å². The first-order valence-corrected chi connectivity index (χ1v) is 6.95. The molecule has 0 atom stereocenters. The van der Waals surface area contributed by atoms with Gasteiger partial charge in [0.15, 0.2) is 0 Å². The van der Waals surface area contributed by atoms with Crippen LogP contribution in [0, 0.1) is 13.8 Å². The van der Waals surface area contributed by atoms with Crippen molar-refractivity contribution in [3.63, 3.8) is 0 Å². The molecule has 0 aliphatic heterocycles. The lowest BCUT2D eigenvalue weighted by Gasteiger charge is -2.09. The number of nitrogens with zero attached hydrogens (tertiary/aromatic N) is 1. The van der Waals surface area contributed by atoms with Gasteiger partial charge in [-0.05, 0) is 49.2 Å². The second-order valence-corrected chi connectivity index (χ2v) is 4.82. The minimum atomic E-state index is 0.841. The molecule has 0 saturated heterocycles. The van der Waals surface area contributed by atoms with Gasteiger partial charge in [-0.25, -0.2) is 0 Å². The molecule has 2 rings (SSSR count). The molecule has 0 spiro atoms. The first kappa shape index (κ1) is 13.1. The average Bonchev–Trinajstić information content (AvgIpc) is 2.38. The SMILES string of the molecule is COc1ccc(-c2ccc(CBr)c(C)n2)cc1C. The van der Waals surface area contributed by atoms with Crippen LogP contribution in [-0.2, 0) is 5.33 Å². The molecule has 0 saturated carbocycles. The largest absolute Gasteiger partial charge is 0.496 e. The third kappa shape index (κ3) is 2.56. The number of methoxy groups -OCH3 is 1. The van der Waals surface area contributed by atoms with Gasteiger partial charge in [-0.15, -0.1) is 0 Å². The molecule has 2 nitrogen and oxygen atoms in total. The zero-order valence-electron chi connectivity index (χ0n) is 10.8. The molecular formula is C15H16BrNO. The molecule has 3 heteroatoms. The van der Waals surface area contributed by atoms with Crippen LogP contribution in [0.3, 0.4) is 0 Å². The van der Waals surface area contributed by atoms with Crippen LogP contribution in [0.1, 0.15) is 16.8 Å². The summed E-state index contributed by atoms with van der Waals surface area (Å²) in [4.78, 5) is 4.64. The van der Waals surface area contributed by atoms with Crippen molar-refractivity contribution in [1.29, 1.82) is 0 Å². The normalized spacial score (nSPS) is 10.4. The molecule has 1 heterocycles. The fourth-order valence-electron chi connectivity index (χ4n) is 1.93. The van der Waals surface area contributed by atoms with Gasteiger partial charge < -0.3 is 4.74 Å². The predicted molar refractivity (Wildman–Crippen MR) is 78.3 cm³/mol. The highest BCUT2D eigenvalue weighted by molar-refractivity contribution is 9.08. The van der Waals surface area contributed by atoms with E-state index < -0.39 is 0 Å². The number of alkyl halides is 1.